The quantitative estimate of drug-likeness (QED) is 0.484. The molecule has 178 valence electrons. The number of pyridine rings is 1. The Labute approximate surface area is 198 Å². The third-order valence-corrected chi connectivity index (χ3v) is 6.04. The van der Waals surface area contributed by atoms with Gasteiger partial charge in [-0.05, 0) is 48.4 Å². The molecule has 0 aliphatic carbocycles. The minimum absolute atomic E-state index is 0.249. The summed E-state index contributed by atoms with van der Waals surface area (Å²) in [5, 5.41) is 5.44. The van der Waals surface area contributed by atoms with Crippen molar-refractivity contribution in [3.63, 3.8) is 0 Å². The average Bonchev–Trinajstić information content (AvgIpc) is 2.81. The van der Waals surface area contributed by atoms with Crippen LogP contribution in [-0.4, -0.2) is 45.1 Å². The number of anilines is 2. The molecule has 2 amide bonds. The summed E-state index contributed by atoms with van der Waals surface area (Å²) in [6.07, 6.45) is 4.30. The van der Waals surface area contributed by atoms with Gasteiger partial charge in [-0.1, -0.05) is 24.3 Å². The predicted octanol–water partition coefficient (Wildman–Crippen LogP) is 2.73. The Hall–Kier alpha value is -3.92. The summed E-state index contributed by atoms with van der Waals surface area (Å²) >= 11 is 0. The van der Waals surface area contributed by atoms with Gasteiger partial charge < -0.3 is 15.4 Å². The second kappa shape index (κ2) is 10.8. The van der Waals surface area contributed by atoms with E-state index in [1.165, 1.54) is 7.11 Å². The highest BCUT2D eigenvalue weighted by molar-refractivity contribution is 7.92. The molecule has 2 aromatic carbocycles. The fraction of sp³-hybridized carbons (Fsp3) is 0.208. The van der Waals surface area contributed by atoms with Gasteiger partial charge in [-0.25, -0.2) is 8.42 Å². The number of hydrogen-bond donors (Lipinski definition) is 2. The summed E-state index contributed by atoms with van der Waals surface area (Å²) in [5.74, 6) is -0.680. The fourth-order valence-corrected chi connectivity index (χ4v) is 4.12. The molecule has 0 aliphatic rings. The lowest BCUT2D eigenvalue weighted by molar-refractivity contribution is -0.114. The number of aryl methyl sites for hydroxylation is 1. The molecular weight excluding hydrogens is 456 g/mol. The van der Waals surface area contributed by atoms with Gasteiger partial charge in [-0.2, -0.15) is 0 Å². The lowest BCUT2D eigenvalue weighted by Crippen LogP contribution is -2.38. The summed E-state index contributed by atoms with van der Waals surface area (Å²) in [4.78, 5) is 29.6. The number of benzene rings is 2. The zero-order valence-electron chi connectivity index (χ0n) is 19.1. The Morgan fingerprint density at radius 2 is 1.85 bits per heavy atom. The van der Waals surface area contributed by atoms with Crippen molar-refractivity contribution in [2.45, 2.75) is 13.5 Å². The minimum Gasteiger partial charge on any atom is -0.495 e. The molecule has 3 aromatic rings. The van der Waals surface area contributed by atoms with E-state index in [0.717, 1.165) is 21.7 Å². The van der Waals surface area contributed by atoms with Crippen LogP contribution in [0.25, 0.3) is 0 Å². The highest BCUT2D eigenvalue weighted by Gasteiger charge is 2.25. The molecule has 2 N–H and O–H groups in total. The molecule has 0 saturated carbocycles. The molecule has 0 unspecified atom stereocenters. The third-order valence-electron chi connectivity index (χ3n) is 4.91. The first-order valence-electron chi connectivity index (χ1n) is 10.4. The Kier molecular flexibility index (Phi) is 7.85. The van der Waals surface area contributed by atoms with Gasteiger partial charge in [0, 0.05) is 18.9 Å². The number of aromatic nitrogens is 1. The van der Waals surface area contributed by atoms with Crippen molar-refractivity contribution >= 4 is 33.2 Å². The van der Waals surface area contributed by atoms with Crippen LogP contribution < -0.4 is 19.7 Å². The average molecular weight is 483 g/mol. The molecule has 3 rings (SSSR count). The van der Waals surface area contributed by atoms with Crippen LogP contribution in [0.5, 0.6) is 5.75 Å². The largest absolute Gasteiger partial charge is 0.495 e. The number of para-hydroxylation sites is 1. The number of hydrogen-bond acceptors (Lipinski definition) is 6. The minimum atomic E-state index is -3.81. The topological polar surface area (TPSA) is 118 Å². The van der Waals surface area contributed by atoms with Crippen LogP contribution in [0.15, 0.2) is 67.0 Å². The molecule has 0 spiro atoms. The van der Waals surface area contributed by atoms with Crippen LogP contribution in [0.2, 0.25) is 0 Å². The Balaban J connectivity index is 1.78. The summed E-state index contributed by atoms with van der Waals surface area (Å²) in [5.41, 5.74) is 2.40. The molecule has 0 bridgehead atoms. The van der Waals surface area contributed by atoms with E-state index in [1.807, 2.05) is 13.0 Å². The molecule has 0 atom stereocenters. The van der Waals surface area contributed by atoms with Crippen LogP contribution in [-0.2, 0) is 21.4 Å². The van der Waals surface area contributed by atoms with Crippen molar-refractivity contribution in [3.8, 4) is 5.75 Å². The van der Waals surface area contributed by atoms with E-state index in [-0.39, 0.29) is 29.4 Å². The van der Waals surface area contributed by atoms with Gasteiger partial charge in [0.25, 0.3) is 5.91 Å². The number of nitrogens with one attached hydrogen (secondary N) is 2. The monoisotopic (exact) mass is 482 g/mol. The first kappa shape index (κ1) is 24.7. The van der Waals surface area contributed by atoms with Gasteiger partial charge in [0.1, 0.15) is 12.3 Å². The molecule has 0 radical (unpaired) electrons. The second-order valence-electron chi connectivity index (χ2n) is 7.58. The number of rotatable bonds is 9. The van der Waals surface area contributed by atoms with Crippen LogP contribution in [0.3, 0.4) is 0 Å². The van der Waals surface area contributed by atoms with E-state index in [1.54, 1.807) is 60.9 Å². The van der Waals surface area contributed by atoms with Crippen LogP contribution in [0.1, 0.15) is 21.5 Å². The fourth-order valence-electron chi connectivity index (χ4n) is 3.27. The van der Waals surface area contributed by atoms with Crippen molar-refractivity contribution in [3.05, 3.63) is 83.7 Å². The van der Waals surface area contributed by atoms with Crippen LogP contribution in [0.4, 0.5) is 11.4 Å². The van der Waals surface area contributed by atoms with Crippen molar-refractivity contribution in [2.75, 3.05) is 29.5 Å². The van der Waals surface area contributed by atoms with Crippen molar-refractivity contribution in [1.29, 1.82) is 0 Å². The zero-order chi connectivity index (χ0) is 24.7. The van der Waals surface area contributed by atoms with E-state index in [4.69, 9.17) is 4.74 Å². The molecule has 1 aromatic heterocycles. The predicted molar refractivity (Wildman–Crippen MR) is 130 cm³/mol. The molecule has 1 heterocycles. The van der Waals surface area contributed by atoms with Crippen molar-refractivity contribution in [2.24, 2.45) is 0 Å². The standard InChI is InChI=1S/C24H26N4O5S/c1-17-10-11-22(33-2)21(13-17)28(34(3,31)32)16-23(29)27-20-9-5-4-8-19(20)24(30)26-15-18-7-6-12-25-14-18/h4-14H,15-16H2,1-3H3,(H,26,30)(H,27,29). The summed E-state index contributed by atoms with van der Waals surface area (Å²) < 4.78 is 31.3. The highest BCUT2D eigenvalue weighted by atomic mass is 32.2. The lowest BCUT2D eigenvalue weighted by Gasteiger charge is -2.24. The van der Waals surface area contributed by atoms with E-state index in [2.05, 4.69) is 15.6 Å². The first-order valence-corrected chi connectivity index (χ1v) is 12.2. The second-order valence-corrected chi connectivity index (χ2v) is 9.49. The van der Waals surface area contributed by atoms with Gasteiger partial charge in [-0.15, -0.1) is 0 Å². The summed E-state index contributed by atoms with van der Waals surface area (Å²) in [7, 11) is -2.39. The lowest BCUT2D eigenvalue weighted by atomic mass is 10.1. The normalized spacial score (nSPS) is 10.9. The number of amides is 2. The molecule has 9 nitrogen and oxygen atoms in total. The number of methoxy groups -OCH3 is 1. The maximum Gasteiger partial charge on any atom is 0.253 e. The molecule has 0 saturated heterocycles. The number of carbonyl (C=O) groups excluding carboxylic acids is 2. The maximum absolute atomic E-state index is 12.9. The van der Waals surface area contributed by atoms with E-state index < -0.39 is 22.5 Å². The molecular formula is C24H26N4O5S. The van der Waals surface area contributed by atoms with Crippen molar-refractivity contribution < 1.29 is 22.7 Å². The van der Waals surface area contributed by atoms with Crippen molar-refractivity contribution in [1.82, 2.24) is 10.3 Å². The highest BCUT2D eigenvalue weighted by Crippen LogP contribution is 2.31. The van der Waals surface area contributed by atoms with Gasteiger partial charge in [0.05, 0.1) is 30.3 Å². The van der Waals surface area contributed by atoms with Crippen LogP contribution >= 0.6 is 0 Å². The number of sulfonamides is 1. The summed E-state index contributed by atoms with van der Waals surface area (Å²) in [6, 6.07) is 15.2. The maximum atomic E-state index is 12.9. The SMILES string of the molecule is COc1ccc(C)cc1N(CC(=O)Nc1ccccc1C(=O)NCc1cccnc1)S(C)(=O)=O. The Morgan fingerprint density at radius 1 is 1.09 bits per heavy atom. The van der Waals surface area contributed by atoms with E-state index in [9.17, 15) is 18.0 Å². The first-order chi connectivity index (χ1) is 16.2. The van der Waals surface area contributed by atoms with Gasteiger partial charge in [0.15, 0.2) is 0 Å². The number of nitrogens with zero attached hydrogens (tertiary/aromatic N) is 2. The zero-order valence-corrected chi connectivity index (χ0v) is 19.9. The van der Waals surface area contributed by atoms with Gasteiger partial charge >= 0.3 is 0 Å². The van der Waals surface area contributed by atoms with Gasteiger partial charge in [0.2, 0.25) is 15.9 Å². The third kappa shape index (κ3) is 6.32. The molecule has 34 heavy (non-hydrogen) atoms. The van der Waals surface area contributed by atoms with Gasteiger partial charge in [-0.3, -0.25) is 18.9 Å². The van der Waals surface area contributed by atoms with E-state index in [0.29, 0.717) is 5.75 Å². The Morgan fingerprint density at radius 3 is 2.53 bits per heavy atom. The van der Waals surface area contributed by atoms with E-state index >= 15 is 0 Å². The number of ether oxygens (including phenoxy) is 1. The van der Waals surface area contributed by atoms with Crippen LogP contribution in [0, 0.1) is 6.92 Å². The molecule has 0 aliphatic heterocycles. The number of carbonyl (C=O) groups is 2. The smallest absolute Gasteiger partial charge is 0.253 e. The Bertz CT molecular complexity index is 1280. The molecule has 10 heteroatoms. The molecule has 0 fully saturated rings. The summed E-state index contributed by atoms with van der Waals surface area (Å²) in [6.45, 7) is 1.58.